The number of benzene rings is 1. The van der Waals surface area contributed by atoms with E-state index < -0.39 is 0 Å². The third-order valence-corrected chi connectivity index (χ3v) is 2.74. The van der Waals surface area contributed by atoms with Crippen LogP contribution in [0.5, 0.6) is 5.75 Å². The Balaban J connectivity index is 3.12. The number of rotatable bonds is 4. The zero-order valence-corrected chi connectivity index (χ0v) is 10.7. The lowest BCUT2D eigenvalue weighted by Gasteiger charge is -2.10. The molecular weight excluding hydrogens is 216 g/mol. The van der Waals surface area contributed by atoms with Gasteiger partial charge in [0.25, 0.3) is 0 Å². The Bertz CT molecular complexity index is 416. The molecule has 1 aromatic carbocycles. The molecule has 0 aliphatic carbocycles. The van der Waals surface area contributed by atoms with Gasteiger partial charge in [0.05, 0.1) is 14.2 Å². The van der Waals surface area contributed by atoms with E-state index in [2.05, 4.69) is 0 Å². The topological polar surface area (TPSA) is 35.5 Å². The molecule has 17 heavy (non-hydrogen) atoms. The minimum Gasteiger partial charge on any atom is -0.497 e. The Morgan fingerprint density at radius 3 is 2.18 bits per heavy atom. The van der Waals surface area contributed by atoms with Crippen LogP contribution in [0.4, 0.5) is 0 Å². The van der Waals surface area contributed by atoms with Crippen LogP contribution in [-0.2, 0) is 9.53 Å². The van der Waals surface area contributed by atoms with E-state index in [1.807, 2.05) is 31.2 Å². The summed E-state index contributed by atoms with van der Waals surface area (Å²) in [5.41, 5.74) is 2.68. The first-order valence-corrected chi connectivity index (χ1v) is 5.56. The van der Waals surface area contributed by atoms with Gasteiger partial charge in [-0.15, -0.1) is 0 Å². The van der Waals surface area contributed by atoms with Crippen molar-refractivity contribution < 1.29 is 14.3 Å². The average molecular weight is 234 g/mol. The summed E-state index contributed by atoms with van der Waals surface area (Å²) in [5, 5.41) is 0. The molecule has 0 N–H and O–H groups in total. The van der Waals surface area contributed by atoms with Crippen molar-refractivity contribution in [2.75, 3.05) is 14.2 Å². The number of hydrogen-bond acceptors (Lipinski definition) is 3. The van der Waals surface area contributed by atoms with Crippen molar-refractivity contribution in [1.29, 1.82) is 0 Å². The fourth-order valence-corrected chi connectivity index (χ4v) is 1.75. The van der Waals surface area contributed by atoms with Gasteiger partial charge in [-0.3, -0.25) is 0 Å². The van der Waals surface area contributed by atoms with Gasteiger partial charge in [0.2, 0.25) is 0 Å². The minimum absolute atomic E-state index is 0.280. The van der Waals surface area contributed by atoms with Gasteiger partial charge >= 0.3 is 5.97 Å². The molecule has 1 rings (SSSR count). The van der Waals surface area contributed by atoms with Crippen LogP contribution in [0.1, 0.15) is 25.8 Å². The summed E-state index contributed by atoms with van der Waals surface area (Å²) in [7, 11) is 3.03. The summed E-state index contributed by atoms with van der Waals surface area (Å²) >= 11 is 0. The largest absolute Gasteiger partial charge is 0.497 e. The van der Waals surface area contributed by atoms with Gasteiger partial charge in [-0.2, -0.15) is 0 Å². The first kappa shape index (κ1) is 13.3. The molecular formula is C14H18O3. The van der Waals surface area contributed by atoms with E-state index in [0.717, 1.165) is 23.3 Å². The number of hydrogen-bond donors (Lipinski definition) is 0. The number of methoxy groups -OCH3 is 2. The normalized spacial score (nSPS) is 11.8. The quantitative estimate of drug-likeness (QED) is 0.593. The van der Waals surface area contributed by atoms with Gasteiger partial charge in [-0.05, 0) is 36.6 Å². The molecule has 0 aliphatic rings. The van der Waals surface area contributed by atoms with E-state index in [9.17, 15) is 4.79 Å². The van der Waals surface area contributed by atoms with Crippen molar-refractivity contribution in [2.45, 2.75) is 20.3 Å². The first-order chi connectivity index (χ1) is 8.13. The molecule has 0 radical (unpaired) electrons. The van der Waals surface area contributed by atoms with Crippen LogP contribution in [-0.4, -0.2) is 20.2 Å². The number of carbonyl (C=O) groups excluding carboxylic acids is 1. The number of ether oxygens (including phenoxy) is 2. The Kier molecular flexibility index (Phi) is 4.76. The second-order valence-corrected chi connectivity index (χ2v) is 3.68. The van der Waals surface area contributed by atoms with Crippen LogP contribution in [0.15, 0.2) is 29.8 Å². The summed E-state index contributed by atoms with van der Waals surface area (Å²) < 4.78 is 9.84. The van der Waals surface area contributed by atoms with Crippen molar-refractivity contribution in [1.82, 2.24) is 0 Å². The van der Waals surface area contributed by atoms with Crippen LogP contribution in [0.25, 0.3) is 5.57 Å². The van der Waals surface area contributed by atoms with E-state index >= 15 is 0 Å². The maximum Gasteiger partial charge on any atom is 0.333 e. The lowest BCUT2D eigenvalue weighted by molar-refractivity contribution is -0.135. The third kappa shape index (κ3) is 3.09. The predicted molar refractivity (Wildman–Crippen MR) is 67.9 cm³/mol. The molecule has 0 bridgehead atoms. The van der Waals surface area contributed by atoms with Crippen molar-refractivity contribution in [3.05, 3.63) is 35.4 Å². The SMILES string of the molecule is CCC(=C(C)C(=O)OC)c1ccc(OC)cc1. The van der Waals surface area contributed by atoms with Gasteiger partial charge in [0.15, 0.2) is 0 Å². The van der Waals surface area contributed by atoms with Crippen molar-refractivity contribution in [3.8, 4) is 5.75 Å². The van der Waals surface area contributed by atoms with E-state index in [1.54, 1.807) is 14.0 Å². The average Bonchev–Trinajstić information content (AvgIpc) is 2.39. The van der Waals surface area contributed by atoms with E-state index in [-0.39, 0.29) is 5.97 Å². The molecule has 0 atom stereocenters. The second-order valence-electron chi connectivity index (χ2n) is 3.68. The zero-order valence-electron chi connectivity index (χ0n) is 10.7. The van der Waals surface area contributed by atoms with Gasteiger partial charge < -0.3 is 9.47 Å². The highest BCUT2D eigenvalue weighted by atomic mass is 16.5. The first-order valence-electron chi connectivity index (χ1n) is 5.56. The standard InChI is InChI=1S/C14H18O3/c1-5-13(10(2)14(15)17-4)11-6-8-12(16-3)9-7-11/h6-9H,5H2,1-4H3. The zero-order chi connectivity index (χ0) is 12.8. The van der Waals surface area contributed by atoms with Crippen molar-refractivity contribution >= 4 is 11.5 Å². The summed E-state index contributed by atoms with van der Waals surface area (Å²) in [4.78, 5) is 11.5. The lowest BCUT2D eigenvalue weighted by atomic mass is 9.98. The van der Waals surface area contributed by atoms with Crippen LogP contribution in [0.3, 0.4) is 0 Å². The van der Waals surface area contributed by atoms with E-state index in [4.69, 9.17) is 9.47 Å². The van der Waals surface area contributed by atoms with Crippen LogP contribution in [0, 0.1) is 0 Å². The molecule has 0 aromatic heterocycles. The van der Waals surface area contributed by atoms with Gasteiger partial charge in [0.1, 0.15) is 5.75 Å². The molecule has 3 nitrogen and oxygen atoms in total. The Morgan fingerprint density at radius 2 is 1.76 bits per heavy atom. The molecule has 0 spiro atoms. The minimum atomic E-state index is -0.280. The van der Waals surface area contributed by atoms with Gasteiger partial charge in [-0.1, -0.05) is 19.1 Å². The van der Waals surface area contributed by atoms with Crippen molar-refractivity contribution in [2.24, 2.45) is 0 Å². The van der Waals surface area contributed by atoms with Crippen molar-refractivity contribution in [3.63, 3.8) is 0 Å². The van der Waals surface area contributed by atoms with Crippen LogP contribution < -0.4 is 4.74 Å². The maximum absolute atomic E-state index is 11.5. The highest BCUT2D eigenvalue weighted by Crippen LogP contribution is 2.24. The van der Waals surface area contributed by atoms with E-state index in [1.165, 1.54) is 7.11 Å². The fourth-order valence-electron chi connectivity index (χ4n) is 1.75. The molecule has 0 fully saturated rings. The Morgan fingerprint density at radius 1 is 1.18 bits per heavy atom. The van der Waals surface area contributed by atoms with Gasteiger partial charge in [-0.25, -0.2) is 4.79 Å². The fraction of sp³-hybridized carbons (Fsp3) is 0.357. The molecule has 92 valence electrons. The number of allylic oxidation sites excluding steroid dienone is 1. The molecule has 0 aliphatic heterocycles. The van der Waals surface area contributed by atoms with E-state index in [0.29, 0.717) is 5.57 Å². The predicted octanol–water partition coefficient (Wildman–Crippen LogP) is 3.05. The molecule has 1 aromatic rings. The molecule has 0 amide bonds. The number of carbonyl (C=O) groups is 1. The summed E-state index contributed by atoms with van der Waals surface area (Å²) in [5.74, 6) is 0.526. The summed E-state index contributed by atoms with van der Waals surface area (Å²) in [6, 6.07) is 7.67. The van der Waals surface area contributed by atoms with Gasteiger partial charge in [0, 0.05) is 5.57 Å². The summed E-state index contributed by atoms with van der Waals surface area (Å²) in [6.45, 7) is 3.81. The smallest absolute Gasteiger partial charge is 0.333 e. The lowest BCUT2D eigenvalue weighted by Crippen LogP contribution is -2.04. The highest BCUT2D eigenvalue weighted by molar-refractivity contribution is 5.97. The molecule has 0 heterocycles. The molecule has 0 unspecified atom stereocenters. The Labute approximate surface area is 102 Å². The van der Waals surface area contributed by atoms with Crippen LogP contribution >= 0.6 is 0 Å². The molecule has 0 saturated heterocycles. The maximum atomic E-state index is 11.5. The number of esters is 1. The highest BCUT2D eigenvalue weighted by Gasteiger charge is 2.11. The molecule has 0 saturated carbocycles. The third-order valence-electron chi connectivity index (χ3n) is 2.74. The van der Waals surface area contributed by atoms with Crippen LogP contribution in [0.2, 0.25) is 0 Å². The monoisotopic (exact) mass is 234 g/mol. The Hall–Kier alpha value is -1.77. The summed E-state index contributed by atoms with van der Waals surface area (Å²) in [6.07, 6.45) is 0.785. The molecule has 3 heteroatoms. The second kappa shape index (κ2) is 6.09.